The SMILES string of the molecule is COc1cccc(-c2cc(C(=O)NCC(c3ccc(C)cc3)N(C)C)no2)c1. The molecule has 2 aromatic carbocycles. The monoisotopic (exact) mass is 379 g/mol. The molecule has 6 heteroatoms. The van der Waals surface area contributed by atoms with E-state index in [1.165, 1.54) is 5.56 Å². The Morgan fingerprint density at radius 3 is 2.61 bits per heavy atom. The molecule has 3 rings (SSSR count). The maximum absolute atomic E-state index is 12.5. The zero-order valence-corrected chi connectivity index (χ0v) is 16.6. The summed E-state index contributed by atoms with van der Waals surface area (Å²) >= 11 is 0. The first-order chi connectivity index (χ1) is 13.5. The normalized spacial score (nSPS) is 12.0. The number of aryl methyl sites for hydroxylation is 1. The summed E-state index contributed by atoms with van der Waals surface area (Å²) in [6.45, 7) is 2.52. The van der Waals surface area contributed by atoms with Crippen molar-refractivity contribution in [1.29, 1.82) is 0 Å². The van der Waals surface area contributed by atoms with Crippen molar-refractivity contribution in [3.05, 3.63) is 71.4 Å². The number of carbonyl (C=O) groups excluding carboxylic acids is 1. The van der Waals surface area contributed by atoms with E-state index in [1.807, 2.05) is 38.4 Å². The van der Waals surface area contributed by atoms with Crippen LogP contribution < -0.4 is 10.1 Å². The van der Waals surface area contributed by atoms with Crippen LogP contribution in [0.25, 0.3) is 11.3 Å². The fourth-order valence-electron chi connectivity index (χ4n) is 2.96. The van der Waals surface area contributed by atoms with Gasteiger partial charge in [-0.2, -0.15) is 0 Å². The van der Waals surface area contributed by atoms with E-state index in [4.69, 9.17) is 9.26 Å². The first-order valence-corrected chi connectivity index (χ1v) is 9.10. The lowest BCUT2D eigenvalue weighted by molar-refractivity contribution is 0.0933. The molecule has 0 spiro atoms. The lowest BCUT2D eigenvalue weighted by atomic mass is 10.0. The first kappa shape index (κ1) is 19.6. The van der Waals surface area contributed by atoms with Gasteiger partial charge in [0.2, 0.25) is 0 Å². The van der Waals surface area contributed by atoms with Gasteiger partial charge in [-0.25, -0.2) is 0 Å². The maximum atomic E-state index is 12.5. The average molecular weight is 379 g/mol. The maximum Gasteiger partial charge on any atom is 0.273 e. The van der Waals surface area contributed by atoms with Crippen LogP contribution in [0.2, 0.25) is 0 Å². The number of aromatic nitrogens is 1. The number of benzene rings is 2. The third-order valence-corrected chi connectivity index (χ3v) is 4.64. The van der Waals surface area contributed by atoms with Gasteiger partial charge < -0.3 is 19.5 Å². The minimum Gasteiger partial charge on any atom is -0.497 e. The average Bonchev–Trinajstić information content (AvgIpc) is 3.19. The number of amides is 1. The lowest BCUT2D eigenvalue weighted by Crippen LogP contribution is -2.34. The van der Waals surface area contributed by atoms with E-state index in [2.05, 4.69) is 46.6 Å². The van der Waals surface area contributed by atoms with Crippen molar-refractivity contribution in [3.8, 4) is 17.1 Å². The summed E-state index contributed by atoms with van der Waals surface area (Å²) in [6, 6.07) is 17.4. The molecule has 0 bridgehead atoms. The quantitative estimate of drug-likeness (QED) is 0.678. The van der Waals surface area contributed by atoms with Gasteiger partial charge in [-0.15, -0.1) is 0 Å². The minimum absolute atomic E-state index is 0.0642. The van der Waals surface area contributed by atoms with Crippen LogP contribution in [-0.2, 0) is 0 Å². The summed E-state index contributed by atoms with van der Waals surface area (Å²) in [4.78, 5) is 14.6. The van der Waals surface area contributed by atoms with Crippen LogP contribution >= 0.6 is 0 Å². The molecule has 1 heterocycles. The smallest absolute Gasteiger partial charge is 0.273 e. The van der Waals surface area contributed by atoms with Crippen LogP contribution in [-0.4, -0.2) is 43.7 Å². The van der Waals surface area contributed by atoms with E-state index in [-0.39, 0.29) is 17.6 Å². The molecule has 1 aromatic heterocycles. The topological polar surface area (TPSA) is 67.6 Å². The molecular formula is C22H25N3O3. The lowest BCUT2D eigenvalue weighted by Gasteiger charge is -2.25. The van der Waals surface area contributed by atoms with Crippen molar-refractivity contribution in [1.82, 2.24) is 15.4 Å². The highest BCUT2D eigenvalue weighted by Crippen LogP contribution is 2.24. The number of hydrogen-bond donors (Lipinski definition) is 1. The highest BCUT2D eigenvalue weighted by Gasteiger charge is 2.18. The first-order valence-electron chi connectivity index (χ1n) is 9.10. The van der Waals surface area contributed by atoms with Gasteiger partial charge in [0.05, 0.1) is 13.2 Å². The number of likely N-dealkylation sites (N-methyl/N-ethyl adjacent to an activating group) is 1. The van der Waals surface area contributed by atoms with E-state index in [0.29, 0.717) is 18.1 Å². The van der Waals surface area contributed by atoms with Gasteiger partial charge in [0.15, 0.2) is 11.5 Å². The zero-order chi connectivity index (χ0) is 20.1. The summed E-state index contributed by atoms with van der Waals surface area (Å²) in [6.07, 6.45) is 0. The Morgan fingerprint density at radius 2 is 1.93 bits per heavy atom. The molecule has 3 aromatic rings. The van der Waals surface area contributed by atoms with Crippen molar-refractivity contribution in [2.75, 3.05) is 27.7 Å². The van der Waals surface area contributed by atoms with Gasteiger partial charge in [-0.1, -0.05) is 47.1 Å². The third kappa shape index (κ3) is 4.58. The van der Waals surface area contributed by atoms with Crippen LogP contribution in [0.3, 0.4) is 0 Å². The standard InChI is InChI=1S/C22H25N3O3/c1-15-8-10-16(11-9-15)20(25(2)3)14-23-22(26)19-13-21(28-24-19)17-6-5-7-18(12-17)27-4/h5-13,20H,14H2,1-4H3,(H,23,26). The Kier molecular flexibility index (Phi) is 6.11. The molecule has 28 heavy (non-hydrogen) atoms. The van der Waals surface area contributed by atoms with Gasteiger partial charge in [0.25, 0.3) is 5.91 Å². The molecule has 1 N–H and O–H groups in total. The predicted molar refractivity (Wildman–Crippen MR) is 108 cm³/mol. The number of nitrogens with zero attached hydrogens (tertiary/aromatic N) is 2. The molecule has 1 atom stereocenters. The molecule has 0 radical (unpaired) electrons. The van der Waals surface area contributed by atoms with Crippen LogP contribution in [0.15, 0.2) is 59.1 Å². The summed E-state index contributed by atoms with van der Waals surface area (Å²) in [5, 5.41) is 6.87. The largest absolute Gasteiger partial charge is 0.497 e. The molecule has 146 valence electrons. The van der Waals surface area contributed by atoms with Crippen LogP contribution in [0.4, 0.5) is 0 Å². The molecule has 0 saturated heterocycles. The predicted octanol–water partition coefficient (Wildman–Crippen LogP) is 3.69. The van der Waals surface area contributed by atoms with Gasteiger partial charge in [-0.05, 0) is 38.7 Å². The van der Waals surface area contributed by atoms with Crippen molar-refractivity contribution >= 4 is 5.91 Å². The number of methoxy groups -OCH3 is 1. The fourth-order valence-corrected chi connectivity index (χ4v) is 2.96. The summed E-state index contributed by atoms with van der Waals surface area (Å²) in [5.74, 6) is 0.968. The molecule has 0 aliphatic heterocycles. The molecular weight excluding hydrogens is 354 g/mol. The Morgan fingerprint density at radius 1 is 1.18 bits per heavy atom. The van der Waals surface area contributed by atoms with E-state index in [1.54, 1.807) is 13.2 Å². The number of rotatable bonds is 7. The van der Waals surface area contributed by atoms with Crippen LogP contribution in [0.5, 0.6) is 5.75 Å². The van der Waals surface area contributed by atoms with E-state index in [9.17, 15) is 4.79 Å². The van der Waals surface area contributed by atoms with Gasteiger partial charge in [0, 0.05) is 18.2 Å². The number of hydrogen-bond acceptors (Lipinski definition) is 5. The Hall–Kier alpha value is -3.12. The van der Waals surface area contributed by atoms with E-state index >= 15 is 0 Å². The van der Waals surface area contributed by atoms with Crippen molar-refractivity contribution in [3.63, 3.8) is 0 Å². The number of nitrogens with one attached hydrogen (secondary N) is 1. The Bertz CT molecular complexity index is 932. The molecule has 1 amide bonds. The highest BCUT2D eigenvalue weighted by atomic mass is 16.5. The molecule has 0 fully saturated rings. The molecule has 0 aliphatic rings. The van der Waals surface area contributed by atoms with E-state index in [0.717, 1.165) is 11.1 Å². The van der Waals surface area contributed by atoms with Crippen LogP contribution in [0, 0.1) is 6.92 Å². The zero-order valence-electron chi connectivity index (χ0n) is 16.6. The van der Waals surface area contributed by atoms with E-state index < -0.39 is 0 Å². The minimum atomic E-state index is -0.267. The van der Waals surface area contributed by atoms with Gasteiger partial charge >= 0.3 is 0 Å². The second-order valence-electron chi connectivity index (χ2n) is 6.91. The highest BCUT2D eigenvalue weighted by molar-refractivity contribution is 5.93. The molecule has 0 saturated carbocycles. The molecule has 6 nitrogen and oxygen atoms in total. The van der Waals surface area contributed by atoms with Crippen molar-refractivity contribution in [2.45, 2.75) is 13.0 Å². The van der Waals surface area contributed by atoms with Crippen molar-refractivity contribution < 1.29 is 14.1 Å². The fraction of sp³-hybridized carbons (Fsp3) is 0.273. The third-order valence-electron chi connectivity index (χ3n) is 4.64. The Balaban J connectivity index is 1.69. The van der Waals surface area contributed by atoms with Gasteiger partial charge in [-0.3, -0.25) is 4.79 Å². The number of ether oxygens (including phenoxy) is 1. The summed E-state index contributed by atoms with van der Waals surface area (Å²) < 4.78 is 10.6. The summed E-state index contributed by atoms with van der Waals surface area (Å²) in [7, 11) is 5.59. The van der Waals surface area contributed by atoms with Crippen LogP contribution in [0.1, 0.15) is 27.7 Å². The Labute approximate surface area is 165 Å². The van der Waals surface area contributed by atoms with Gasteiger partial charge in [0.1, 0.15) is 5.75 Å². The molecule has 0 aliphatic carbocycles. The summed E-state index contributed by atoms with van der Waals surface area (Å²) in [5.41, 5.74) is 3.40. The second-order valence-corrected chi connectivity index (χ2v) is 6.91. The van der Waals surface area contributed by atoms with Crippen molar-refractivity contribution in [2.24, 2.45) is 0 Å². The molecule has 1 unspecified atom stereocenters. The second kappa shape index (κ2) is 8.71. The number of carbonyl (C=O) groups is 1.